The second-order valence-electron chi connectivity index (χ2n) is 5.42. The molecule has 3 rings (SSSR count). The Morgan fingerprint density at radius 2 is 2.12 bits per heavy atom. The van der Waals surface area contributed by atoms with Gasteiger partial charge < -0.3 is 14.8 Å². The molecule has 0 saturated heterocycles. The fourth-order valence-corrected chi connectivity index (χ4v) is 2.79. The average molecular weight is 359 g/mol. The van der Waals surface area contributed by atoms with E-state index >= 15 is 0 Å². The number of benzene rings is 1. The minimum Gasteiger partial charge on any atom is -0.360 e. The molecule has 2 aromatic heterocycles. The standard InChI is InChI=1S/C16H17N5O3S/c1-9-7-13(21-24-9)19-15(23)10(2)25-8-14(22)20-16-17-11-5-3-4-6-12(11)18-16/h3-7,10H,8H2,1-2H3,(H,19,21,23)(H2,17,18,20,22)/t10-/m1/s1. The average Bonchev–Trinajstić information content (AvgIpc) is 3.17. The number of H-pyrrole nitrogens is 1. The van der Waals surface area contributed by atoms with Crippen molar-refractivity contribution in [2.45, 2.75) is 19.1 Å². The lowest BCUT2D eigenvalue weighted by Crippen LogP contribution is -2.25. The number of thioether (sulfide) groups is 1. The highest BCUT2D eigenvalue weighted by molar-refractivity contribution is 8.01. The molecule has 0 unspecified atom stereocenters. The number of hydrogen-bond donors (Lipinski definition) is 3. The molecule has 25 heavy (non-hydrogen) atoms. The predicted molar refractivity (Wildman–Crippen MR) is 96.5 cm³/mol. The van der Waals surface area contributed by atoms with Crippen molar-refractivity contribution in [3.63, 3.8) is 0 Å². The molecule has 8 nitrogen and oxygen atoms in total. The Kier molecular flexibility index (Phi) is 5.03. The zero-order valence-corrected chi connectivity index (χ0v) is 14.5. The second kappa shape index (κ2) is 7.39. The van der Waals surface area contributed by atoms with Gasteiger partial charge in [0.1, 0.15) is 5.76 Å². The number of para-hydroxylation sites is 2. The van der Waals surface area contributed by atoms with Gasteiger partial charge in [-0.1, -0.05) is 17.3 Å². The third kappa shape index (κ3) is 4.38. The molecule has 2 amide bonds. The van der Waals surface area contributed by atoms with Crippen LogP contribution in [0.3, 0.4) is 0 Å². The minimum absolute atomic E-state index is 0.128. The summed E-state index contributed by atoms with van der Waals surface area (Å²) in [6, 6.07) is 9.13. The zero-order valence-electron chi connectivity index (χ0n) is 13.7. The third-order valence-electron chi connectivity index (χ3n) is 3.36. The Bertz CT molecular complexity index is 871. The summed E-state index contributed by atoms with van der Waals surface area (Å²) in [6.45, 7) is 3.46. The van der Waals surface area contributed by atoms with Crippen LogP contribution in [0.2, 0.25) is 0 Å². The molecule has 3 aromatic rings. The number of carbonyl (C=O) groups excluding carboxylic acids is 2. The Morgan fingerprint density at radius 1 is 1.32 bits per heavy atom. The number of nitrogens with one attached hydrogen (secondary N) is 3. The van der Waals surface area contributed by atoms with E-state index in [1.807, 2.05) is 24.3 Å². The quantitative estimate of drug-likeness (QED) is 0.623. The van der Waals surface area contributed by atoms with E-state index < -0.39 is 5.25 Å². The molecule has 0 spiro atoms. The van der Waals surface area contributed by atoms with Crippen molar-refractivity contribution in [1.29, 1.82) is 0 Å². The van der Waals surface area contributed by atoms with Gasteiger partial charge >= 0.3 is 0 Å². The lowest BCUT2D eigenvalue weighted by Gasteiger charge is -2.09. The molecule has 130 valence electrons. The molecular weight excluding hydrogens is 342 g/mol. The van der Waals surface area contributed by atoms with Crippen LogP contribution in [-0.2, 0) is 9.59 Å². The first-order chi connectivity index (χ1) is 12.0. The number of hydrogen-bond acceptors (Lipinski definition) is 6. The van der Waals surface area contributed by atoms with Crippen molar-refractivity contribution in [1.82, 2.24) is 15.1 Å². The monoisotopic (exact) mass is 359 g/mol. The van der Waals surface area contributed by atoms with Gasteiger partial charge in [-0.15, -0.1) is 11.8 Å². The molecule has 1 atom stereocenters. The van der Waals surface area contributed by atoms with Crippen molar-refractivity contribution >= 4 is 46.4 Å². The highest BCUT2D eigenvalue weighted by atomic mass is 32.2. The topological polar surface area (TPSA) is 113 Å². The van der Waals surface area contributed by atoms with E-state index in [2.05, 4.69) is 25.8 Å². The number of aryl methyl sites for hydroxylation is 1. The maximum absolute atomic E-state index is 12.0. The summed E-state index contributed by atoms with van der Waals surface area (Å²) < 4.78 is 4.89. The number of carbonyl (C=O) groups is 2. The Labute approximate surface area is 147 Å². The Morgan fingerprint density at radius 3 is 2.84 bits per heavy atom. The van der Waals surface area contributed by atoms with Crippen LogP contribution in [0.25, 0.3) is 11.0 Å². The van der Waals surface area contributed by atoms with E-state index in [1.165, 1.54) is 11.8 Å². The smallest absolute Gasteiger partial charge is 0.238 e. The van der Waals surface area contributed by atoms with Crippen molar-refractivity contribution in [3.8, 4) is 0 Å². The molecule has 0 fully saturated rings. The van der Waals surface area contributed by atoms with Crippen molar-refractivity contribution in [3.05, 3.63) is 36.1 Å². The van der Waals surface area contributed by atoms with E-state index in [-0.39, 0.29) is 17.6 Å². The summed E-state index contributed by atoms with van der Waals surface area (Å²) in [5.74, 6) is 1.02. The molecule has 3 N–H and O–H groups in total. The second-order valence-corrected chi connectivity index (χ2v) is 6.75. The van der Waals surface area contributed by atoms with E-state index in [0.717, 1.165) is 11.0 Å². The fourth-order valence-electron chi connectivity index (χ4n) is 2.11. The SMILES string of the molecule is Cc1cc(NC(=O)[C@@H](C)SCC(=O)Nc2nc3ccccc3[nH]2)no1. The van der Waals surface area contributed by atoms with Gasteiger partial charge in [0.2, 0.25) is 17.8 Å². The molecule has 0 aliphatic carbocycles. The molecule has 0 bridgehead atoms. The molecule has 1 aromatic carbocycles. The number of nitrogens with zero attached hydrogens (tertiary/aromatic N) is 2. The lowest BCUT2D eigenvalue weighted by atomic mass is 10.3. The summed E-state index contributed by atoms with van der Waals surface area (Å²) in [5, 5.41) is 8.62. The molecule has 0 aliphatic rings. The molecule has 0 radical (unpaired) electrons. The van der Waals surface area contributed by atoms with Crippen LogP contribution in [0.1, 0.15) is 12.7 Å². The van der Waals surface area contributed by atoms with E-state index in [9.17, 15) is 9.59 Å². The predicted octanol–water partition coefficient (Wildman–Crippen LogP) is 2.56. The maximum atomic E-state index is 12.0. The molecule has 0 saturated carbocycles. The Balaban J connectivity index is 1.48. The fraction of sp³-hybridized carbons (Fsp3) is 0.250. The summed E-state index contributed by atoms with van der Waals surface area (Å²) in [6.07, 6.45) is 0. The van der Waals surface area contributed by atoms with Crippen LogP contribution in [0.15, 0.2) is 34.9 Å². The first-order valence-electron chi connectivity index (χ1n) is 7.61. The van der Waals surface area contributed by atoms with Gasteiger partial charge in [-0.05, 0) is 26.0 Å². The highest BCUT2D eigenvalue weighted by Crippen LogP contribution is 2.16. The molecule has 9 heteroatoms. The number of aromatic nitrogens is 3. The lowest BCUT2D eigenvalue weighted by molar-refractivity contribution is -0.115. The number of amides is 2. The van der Waals surface area contributed by atoms with Gasteiger partial charge in [-0.25, -0.2) is 4.98 Å². The normalized spacial score (nSPS) is 12.1. The van der Waals surface area contributed by atoms with Crippen molar-refractivity contribution in [2.75, 3.05) is 16.4 Å². The maximum Gasteiger partial charge on any atom is 0.238 e. The summed E-state index contributed by atoms with van der Waals surface area (Å²) >= 11 is 1.22. The summed E-state index contributed by atoms with van der Waals surface area (Å²) in [5.41, 5.74) is 1.63. The first kappa shape index (κ1) is 17.0. The van der Waals surface area contributed by atoms with E-state index in [0.29, 0.717) is 17.5 Å². The third-order valence-corrected chi connectivity index (χ3v) is 4.50. The summed E-state index contributed by atoms with van der Waals surface area (Å²) in [7, 11) is 0. The molecule has 0 aliphatic heterocycles. The zero-order chi connectivity index (χ0) is 17.8. The van der Waals surface area contributed by atoms with Crippen LogP contribution in [-0.4, -0.2) is 37.9 Å². The first-order valence-corrected chi connectivity index (χ1v) is 8.66. The highest BCUT2D eigenvalue weighted by Gasteiger charge is 2.17. The van der Waals surface area contributed by atoms with E-state index in [4.69, 9.17) is 4.52 Å². The van der Waals surface area contributed by atoms with Crippen LogP contribution in [0.4, 0.5) is 11.8 Å². The number of fused-ring (bicyclic) bond motifs is 1. The number of rotatable bonds is 6. The van der Waals surface area contributed by atoms with Crippen LogP contribution in [0, 0.1) is 6.92 Å². The van der Waals surface area contributed by atoms with Gasteiger partial charge in [-0.3, -0.25) is 14.9 Å². The van der Waals surface area contributed by atoms with Crippen molar-refractivity contribution < 1.29 is 14.1 Å². The van der Waals surface area contributed by atoms with Crippen LogP contribution >= 0.6 is 11.8 Å². The number of aromatic amines is 1. The van der Waals surface area contributed by atoms with Gasteiger partial charge in [-0.2, -0.15) is 0 Å². The largest absolute Gasteiger partial charge is 0.360 e. The molecule has 2 heterocycles. The van der Waals surface area contributed by atoms with Gasteiger partial charge in [0.15, 0.2) is 5.82 Å². The van der Waals surface area contributed by atoms with Gasteiger partial charge in [0.25, 0.3) is 0 Å². The van der Waals surface area contributed by atoms with Gasteiger partial charge in [0, 0.05) is 6.07 Å². The number of imidazole rings is 1. The van der Waals surface area contributed by atoms with Gasteiger partial charge in [0.05, 0.1) is 22.0 Å². The minimum atomic E-state index is -0.418. The molecular formula is C16H17N5O3S. The van der Waals surface area contributed by atoms with Crippen LogP contribution in [0.5, 0.6) is 0 Å². The van der Waals surface area contributed by atoms with Crippen molar-refractivity contribution in [2.24, 2.45) is 0 Å². The summed E-state index contributed by atoms with van der Waals surface area (Å²) in [4.78, 5) is 31.4. The number of anilines is 2. The Hall–Kier alpha value is -2.81. The van der Waals surface area contributed by atoms with E-state index in [1.54, 1.807) is 19.9 Å². The van der Waals surface area contributed by atoms with Crippen LogP contribution < -0.4 is 10.6 Å².